The summed E-state index contributed by atoms with van der Waals surface area (Å²) in [7, 11) is -2.73. The van der Waals surface area contributed by atoms with Crippen molar-refractivity contribution in [2.45, 2.75) is 24.8 Å². The average Bonchev–Trinajstić information content (AvgIpc) is 2.43. The first-order valence-corrected chi connectivity index (χ1v) is 7.62. The minimum atomic E-state index is -3.91. The average molecular weight is 301 g/mol. The summed E-state index contributed by atoms with van der Waals surface area (Å²) in [6.07, 6.45) is 0. The van der Waals surface area contributed by atoms with Crippen LogP contribution in [0.25, 0.3) is 0 Å². The normalized spacial score (nSPS) is 13.2. The molecule has 1 aromatic rings. The second kappa shape index (κ2) is 6.83. The summed E-state index contributed by atoms with van der Waals surface area (Å²) in [5, 5.41) is 9.21. The lowest BCUT2D eigenvalue weighted by molar-refractivity contribution is 0.0596. The number of hydrogen-bond acceptors (Lipinski definition) is 5. The van der Waals surface area contributed by atoms with Crippen molar-refractivity contribution in [3.8, 4) is 0 Å². The Bertz CT molecular complexity index is 568. The number of nitrogens with one attached hydrogen (secondary N) is 1. The molecule has 1 atom stereocenters. The van der Waals surface area contributed by atoms with Crippen molar-refractivity contribution in [1.82, 2.24) is 4.72 Å². The summed E-state index contributed by atoms with van der Waals surface area (Å²) >= 11 is 0. The molecule has 1 unspecified atom stereocenters. The Hall–Kier alpha value is -1.44. The lowest BCUT2D eigenvalue weighted by Crippen LogP contribution is -2.41. The Morgan fingerprint density at radius 3 is 2.45 bits per heavy atom. The van der Waals surface area contributed by atoms with Crippen LogP contribution >= 0.6 is 0 Å². The van der Waals surface area contributed by atoms with Gasteiger partial charge in [0, 0.05) is 6.04 Å². The predicted octanol–water partition coefficient (Wildman–Crippen LogP) is 0.768. The fourth-order valence-electron chi connectivity index (χ4n) is 1.63. The molecular formula is C13H19NO5S. The summed E-state index contributed by atoms with van der Waals surface area (Å²) < 4.78 is 31.6. The quantitative estimate of drug-likeness (QED) is 0.757. The number of rotatable bonds is 6. The van der Waals surface area contributed by atoms with Crippen molar-refractivity contribution >= 4 is 16.0 Å². The third kappa shape index (κ3) is 3.78. The van der Waals surface area contributed by atoms with E-state index in [0.717, 1.165) is 0 Å². The van der Waals surface area contributed by atoms with Crippen LogP contribution in [0, 0.1) is 5.92 Å². The van der Waals surface area contributed by atoms with Crippen LogP contribution in [-0.2, 0) is 14.8 Å². The second-order valence-corrected chi connectivity index (χ2v) is 6.32. The van der Waals surface area contributed by atoms with Crippen LogP contribution in [0.1, 0.15) is 24.2 Å². The van der Waals surface area contributed by atoms with Gasteiger partial charge >= 0.3 is 5.97 Å². The van der Waals surface area contributed by atoms with Crippen molar-refractivity contribution in [3.05, 3.63) is 29.8 Å². The molecule has 1 aromatic carbocycles. The molecule has 0 amide bonds. The maximum absolute atomic E-state index is 12.3. The number of carbonyl (C=O) groups is 1. The van der Waals surface area contributed by atoms with Gasteiger partial charge in [-0.2, -0.15) is 0 Å². The molecule has 20 heavy (non-hydrogen) atoms. The highest BCUT2D eigenvalue weighted by atomic mass is 32.2. The van der Waals surface area contributed by atoms with Gasteiger partial charge in [-0.25, -0.2) is 17.9 Å². The standard InChI is InChI=1S/C13H19NO5S/c1-9(2)11(8-15)14-20(17,18)12-7-5-4-6-10(12)13(16)19-3/h4-7,9,11,14-15H,8H2,1-3H3. The van der Waals surface area contributed by atoms with Crippen molar-refractivity contribution in [1.29, 1.82) is 0 Å². The third-order valence-corrected chi connectivity index (χ3v) is 4.44. The Kier molecular flexibility index (Phi) is 5.67. The Morgan fingerprint density at radius 1 is 1.35 bits per heavy atom. The van der Waals surface area contributed by atoms with Gasteiger partial charge in [0.1, 0.15) is 0 Å². The second-order valence-electron chi connectivity index (χ2n) is 4.64. The van der Waals surface area contributed by atoms with Crippen LogP contribution in [0.15, 0.2) is 29.2 Å². The molecule has 0 fully saturated rings. The van der Waals surface area contributed by atoms with E-state index in [9.17, 15) is 18.3 Å². The first-order valence-electron chi connectivity index (χ1n) is 6.14. The fourth-order valence-corrected chi connectivity index (χ4v) is 3.20. The molecule has 0 saturated carbocycles. The summed E-state index contributed by atoms with van der Waals surface area (Å²) in [4.78, 5) is 11.4. The Labute approximate surface area is 118 Å². The zero-order valence-electron chi connectivity index (χ0n) is 11.7. The lowest BCUT2D eigenvalue weighted by atomic mass is 10.1. The van der Waals surface area contributed by atoms with E-state index < -0.39 is 22.0 Å². The molecule has 0 spiro atoms. The van der Waals surface area contributed by atoms with E-state index in [0.29, 0.717) is 0 Å². The zero-order chi connectivity index (χ0) is 15.3. The number of benzene rings is 1. The van der Waals surface area contributed by atoms with Gasteiger partial charge in [-0.05, 0) is 18.1 Å². The molecule has 0 aliphatic heterocycles. The molecule has 0 bridgehead atoms. The maximum atomic E-state index is 12.3. The number of aliphatic hydroxyl groups is 1. The van der Waals surface area contributed by atoms with E-state index in [1.165, 1.54) is 25.3 Å². The number of hydrogen-bond donors (Lipinski definition) is 2. The zero-order valence-corrected chi connectivity index (χ0v) is 12.5. The summed E-state index contributed by atoms with van der Waals surface area (Å²) in [6, 6.07) is 5.15. The van der Waals surface area contributed by atoms with E-state index in [1.807, 2.05) is 0 Å². The monoisotopic (exact) mass is 301 g/mol. The largest absolute Gasteiger partial charge is 0.465 e. The number of sulfonamides is 1. The van der Waals surface area contributed by atoms with Gasteiger partial charge in [-0.1, -0.05) is 26.0 Å². The molecule has 7 heteroatoms. The van der Waals surface area contributed by atoms with Gasteiger partial charge in [0.05, 0.1) is 24.2 Å². The number of carbonyl (C=O) groups excluding carboxylic acids is 1. The topological polar surface area (TPSA) is 92.7 Å². The van der Waals surface area contributed by atoms with Gasteiger partial charge in [0.15, 0.2) is 0 Å². The number of aliphatic hydroxyl groups excluding tert-OH is 1. The highest BCUT2D eigenvalue weighted by molar-refractivity contribution is 7.89. The van der Waals surface area contributed by atoms with Crippen LogP contribution in [0.3, 0.4) is 0 Å². The van der Waals surface area contributed by atoms with Crippen molar-refractivity contribution < 1.29 is 23.1 Å². The molecule has 1 rings (SSSR count). The predicted molar refractivity (Wildman–Crippen MR) is 73.8 cm³/mol. The molecule has 0 aliphatic carbocycles. The highest BCUT2D eigenvalue weighted by Crippen LogP contribution is 2.17. The van der Waals surface area contributed by atoms with Crippen LogP contribution < -0.4 is 4.72 Å². The van der Waals surface area contributed by atoms with E-state index in [2.05, 4.69) is 9.46 Å². The summed E-state index contributed by atoms with van der Waals surface area (Å²) in [5.41, 5.74) is -0.0389. The van der Waals surface area contributed by atoms with E-state index in [-0.39, 0.29) is 23.0 Å². The molecule has 0 saturated heterocycles. The van der Waals surface area contributed by atoms with Crippen LogP contribution in [0.4, 0.5) is 0 Å². The van der Waals surface area contributed by atoms with Crippen LogP contribution in [0.5, 0.6) is 0 Å². The van der Waals surface area contributed by atoms with E-state index in [4.69, 9.17) is 0 Å². The molecule has 112 valence electrons. The Morgan fingerprint density at radius 2 is 1.95 bits per heavy atom. The molecule has 0 radical (unpaired) electrons. The van der Waals surface area contributed by atoms with E-state index in [1.54, 1.807) is 19.9 Å². The minimum Gasteiger partial charge on any atom is -0.465 e. The van der Waals surface area contributed by atoms with Crippen molar-refractivity contribution in [2.75, 3.05) is 13.7 Å². The van der Waals surface area contributed by atoms with Crippen LogP contribution in [-0.4, -0.2) is 39.3 Å². The SMILES string of the molecule is COC(=O)c1ccccc1S(=O)(=O)NC(CO)C(C)C. The molecule has 0 aromatic heterocycles. The van der Waals surface area contributed by atoms with Crippen molar-refractivity contribution in [2.24, 2.45) is 5.92 Å². The lowest BCUT2D eigenvalue weighted by Gasteiger charge is -2.20. The summed E-state index contributed by atoms with van der Waals surface area (Å²) in [5.74, 6) is -0.809. The summed E-state index contributed by atoms with van der Waals surface area (Å²) in [6.45, 7) is 3.25. The maximum Gasteiger partial charge on any atom is 0.339 e. The number of esters is 1. The smallest absolute Gasteiger partial charge is 0.339 e. The van der Waals surface area contributed by atoms with Gasteiger partial charge in [-0.15, -0.1) is 0 Å². The Balaban J connectivity index is 3.19. The van der Waals surface area contributed by atoms with Gasteiger partial charge < -0.3 is 9.84 Å². The molecule has 6 nitrogen and oxygen atoms in total. The first kappa shape index (κ1) is 16.6. The molecular weight excluding hydrogens is 282 g/mol. The fraction of sp³-hybridized carbons (Fsp3) is 0.462. The molecule has 0 aliphatic rings. The minimum absolute atomic E-state index is 0.0389. The van der Waals surface area contributed by atoms with Gasteiger partial charge in [0.2, 0.25) is 10.0 Å². The molecule has 2 N–H and O–H groups in total. The number of ether oxygens (including phenoxy) is 1. The third-order valence-electron chi connectivity index (χ3n) is 2.89. The van der Waals surface area contributed by atoms with Gasteiger partial charge in [0.25, 0.3) is 0 Å². The highest BCUT2D eigenvalue weighted by Gasteiger charge is 2.26. The van der Waals surface area contributed by atoms with Crippen LogP contribution in [0.2, 0.25) is 0 Å². The van der Waals surface area contributed by atoms with E-state index >= 15 is 0 Å². The molecule has 0 heterocycles. The first-order chi connectivity index (χ1) is 9.33. The van der Waals surface area contributed by atoms with Crippen molar-refractivity contribution in [3.63, 3.8) is 0 Å². The number of methoxy groups -OCH3 is 1. The van der Waals surface area contributed by atoms with Gasteiger partial charge in [-0.3, -0.25) is 0 Å².